The highest BCUT2D eigenvalue weighted by atomic mass is 16.5. The van der Waals surface area contributed by atoms with E-state index in [0.29, 0.717) is 11.1 Å². The van der Waals surface area contributed by atoms with Gasteiger partial charge in [0.15, 0.2) is 0 Å². The maximum absolute atomic E-state index is 11.9. The number of hydrogen-bond donors (Lipinski definition) is 1. The first-order chi connectivity index (χ1) is 10.7. The number of carbonyl (C=O) groups is 1. The van der Waals surface area contributed by atoms with Gasteiger partial charge >= 0.3 is 5.97 Å². The van der Waals surface area contributed by atoms with Crippen molar-refractivity contribution in [1.29, 1.82) is 0 Å². The van der Waals surface area contributed by atoms with Crippen molar-refractivity contribution < 1.29 is 19.4 Å². The quantitative estimate of drug-likeness (QED) is 0.862. The van der Waals surface area contributed by atoms with Crippen molar-refractivity contribution in [3.05, 3.63) is 71.3 Å². The molecule has 4 nitrogen and oxygen atoms in total. The summed E-state index contributed by atoms with van der Waals surface area (Å²) in [6.07, 6.45) is 1.67. The van der Waals surface area contributed by atoms with Crippen molar-refractivity contribution >= 4 is 11.5 Å². The molecule has 114 valence electrons. The van der Waals surface area contributed by atoms with Crippen LogP contribution in [0.4, 0.5) is 0 Å². The van der Waals surface area contributed by atoms with Crippen LogP contribution in [0, 0.1) is 0 Å². The molecule has 22 heavy (non-hydrogen) atoms. The molecule has 0 fully saturated rings. The van der Waals surface area contributed by atoms with Crippen molar-refractivity contribution in [2.75, 3.05) is 20.8 Å². The van der Waals surface area contributed by atoms with Gasteiger partial charge in [-0.1, -0.05) is 36.4 Å². The number of esters is 1. The molecule has 0 radical (unpaired) electrons. The van der Waals surface area contributed by atoms with Crippen LogP contribution in [0.1, 0.15) is 21.5 Å². The Balaban J connectivity index is 2.53. The Hall–Kier alpha value is -2.59. The summed E-state index contributed by atoms with van der Waals surface area (Å²) >= 11 is 0. The summed E-state index contributed by atoms with van der Waals surface area (Å²) in [6, 6.07) is 14.6. The molecule has 0 aromatic heterocycles. The summed E-state index contributed by atoms with van der Waals surface area (Å²) in [6.45, 7) is -0.128. The fourth-order valence-electron chi connectivity index (χ4n) is 2.25. The summed E-state index contributed by atoms with van der Waals surface area (Å²) in [5.74, 6) is 0.335. The average Bonchev–Trinajstić information content (AvgIpc) is 2.59. The van der Waals surface area contributed by atoms with Crippen LogP contribution in [0.5, 0.6) is 5.75 Å². The second-order valence-electron chi connectivity index (χ2n) is 4.57. The molecule has 0 aliphatic heterocycles. The van der Waals surface area contributed by atoms with Crippen molar-refractivity contribution in [3.8, 4) is 5.75 Å². The van der Waals surface area contributed by atoms with E-state index in [1.54, 1.807) is 25.3 Å². The van der Waals surface area contributed by atoms with Crippen LogP contribution in [0.2, 0.25) is 0 Å². The lowest BCUT2D eigenvalue weighted by molar-refractivity contribution is 0.0600. The molecular weight excluding hydrogens is 280 g/mol. The molecule has 2 rings (SSSR count). The van der Waals surface area contributed by atoms with Crippen LogP contribution in [0.25, 0.3) is 5.57 Å². The zero-order valence-electron chi connectivity index (χ0n) is 12.6. The van der Waals surface area contributed by atoms with Gasteiger partial charge in [-0.25, -0.2) is 4.79 Å². The third-order valence-corrected chi connectivity index (χ3v) is 3.32. The van der Waals surface area contributed by atoms with Crippen molar-refractivity contribution in [2.45, 2.75) is 0 Å². The number of hydrogen-bond acceptors (Lipinski definition) is 4. The van der Waals surface area contributed by atoms with Gasteiger partial charge in [0, 0.05) is 0 Å². The fraction of sp³-hybridized carbons (Fsp3) is 0.167. The van der Waals surface area contributed by atoms with Gasteiger partial charge in [0.1, 0.15) is 5.75 Å². The topological polar surface area (TPSA) is 55.8 Å². The smallest absolute Gasteiger partial charge is 0.338 e. The number of aliphatic hydroxyl groups is 1. The average molecular weight is 298 g/mol. The Morgan fingerprint density at radius 2 is 1.68 bits per heavy atom. The van der Waals surface area contributed by atoms with Crippen LogP contribution in [-0.4, -0.2) is 31.9 Å². The van der Waals surface area contributed by atoms with E-state index in [4.69, 9.17) is 9.47 Å². The third kappa shape index (κ3) is 3.35. The standard InChI is InChI=1S/C18H18O4/c1-21-14-9-7-13(8-10-14)15(11-12-19)16-5-3-4-6-17(16)18(20)22-2/h3-11,19H,12H2,1-2H3/b15-11+. The zero-order valence-corrected chi connectivity index (χ0v) is 12.6. The minimum absolute atomic E-state index is 0.128. The summed E-state index contributed by atoms with van der Waals surface area (Å²) in [7, 11) is 2.95. The van der Waals surface area contributed by atoms with E-state index in [0.717, 1.165) is 16.9 Å². The molecular formula is C18H18O4. The van der Waals surface area contributed by atoms with E-state index >= 15 is 0 Å². The van der Waals surface area contributed by atoms with Crippen molar-refractivity contribution in [2.24, 2.45) is 0 Å². The maximum atomic E-state index is 11.9. The number of methoxy groups -OCH3 is 2. The molecule has 0 bridgehead atoms. The Labute approximate surface area is 129 Å². The highest BCUT2D eigenvalue weighted by Crippen LogP contribution is 2.28. The lowest BCUT2D eigenvalue weighted by Crippen LogP contribution is -2.06. The second-order valence-corrected chi connectivity index (χ2v) is 4.57. The summed E-state index contributed by atoms with van der Waals surface area (Å²) in [5, 5.41) is 9.33. The van der Waals surface area contributed by atoms with Gasteiger partial charge in [-0.05, 0) is 34.9 Å². The van der Waals surface area contributed by atoms with E-state index in [-0.39, 0.29) is 6.61 Å². The maximum Gasteiger partial charge on any atom is 0.338 e. The predicted molar refractivity (Wildman–Crippen MR) is 84.9 cm³/mol. The predicted octanol–water partition coefficient (Wildman–Crippen LogP) is 2.91. The molecule has 0 saturated heterocycles. The normalized spacial score (nSPS) is 11.1. The first-order valence-electron chi connectivity index (χ1n) is 6.84. The molecule has 2 aromatic carbocycles. The molecule has 4 heteroatoms. The highest BCUT2D eigenvalue weighted by molar-refractivity contribution is 5.97. The molecule has 0 spiro atoms. The van der Waals surface area contributed by atoms with Gasteiger partial charge in [0.05, 0.1) is 26.4 Å². The first kappa shape index (κ1) is 15.8. The molecule has 0 aliphatic rings. The molecule has 0 amide bonds. The third-order valence-electron chi connectivity index (χ3n) is 3.32. The number of ether oxygens (including phenoxy) is 2. The van der Waals surface area contributed by atoms with Crippen LogP contribution in [0.3, 0.4) is 0 Å². The molecule has 0 unspecified atom stereocenters. The largest absolute Gasteiger partial charge is 0.497 e. The number of carbonyl (C=O) groups excluding carboxylic acids is 1. The Morgan fingerprint density at radius 3 is 2.23 bits per heavy atom. The van der Waals surface area contributed by atoms with Gasteiger partial charge in [-0.3, -0.25) is 0 Å². The second kappa shape index (κ2) is 7.43. The van der Waals surface area contributed by atoms with Gasteiger partial charge < -0.3 is 14.6 Å². The van der Waals surface area contributed by atoms with E-state index in [1.165, 1.54) is 7.11 Å². The highest BCUT2D eigenvalue weighted by Gasteiger charge is 2.15. The van der Waals surface area contributed by atoms with E-state index < -0.39 is 5.97 Å². The molecule has 0 saturated carbocycles. The van der Waals surface area contributed by atoms with E-state index in [2.05, 4.69) is 0 Å². The van der Waals surface area contributed by atoms with Gasteiger partial charge in [0.25, 0.3) is 0 Å². The molecule has 2 aromatic rings. The summed E-state index contributed by atoms with van der Waals surface area (Å²) in [5.41, 5.74) is 2.83. The number of aliphatic hydroxyl groups excluding tert-OH is 1. The van der Waals surface area contributed by atoms with Crippen molar-refractivity contribution in [3.63, 3.8) is 0 Å². The van der Waals surface area contributed by atoms with Gasteiger partial charge in [0.2, 0.25) is 0 Å². The minimum Gasteiger partial charge on any atom is -0.497 e. The van der Waals surface area contributed by atoms with Crippen LogP contribution in [0.15, 0.2) is 54.6 Å². The lowest BCUT2D eigenvalue weighted by atomic mass is 9.93. The monoisotopic (exact) mass is 298 g/mol. The van der Waals surface area contributed by atoms with E-state index in [9.17, 15) is 9.90 Å². The summed E-state index contributed by atoms with van der Waals surface area (Å²) in [4.78, 5) is 11.9. The van der Waals surface area contributed by atoms with Gasteiger partial charge in [-0.2, -0.15) is 0 Å². The Bertz CT molecular complexity index is 672. The van der Waals surface area contributed by atoms with Crippen molar-refractivity contribution in [1.82, 2.24) is 0 Å². The fourth-order valence-corrected chi connectivity index (χ4v) is 2.25. The van der Waals surface area contributed by atoms with Crippen LogP contribution >= 0.6 is 0 Å². The molecule has 0 heterocycles. The first-order valence-corrected chi connectivity index (χ1v) is 6.84. The molecule has 0 atom stereocenters. The minimum atomic E-state index is -0.409. The summed E-state index contributed by atoms with van der Waals surface area (Å²) < 4.78 is 9.98. The lowest BCUT2D eigenvalue weighted by Gasteiger charge is -2.13. The van der Waals surface area contributed by atoms with E-state index in [1.807, 2.05) is 36.4 Å². The molecule has 0 aliphatic carbocycles. The Morgan fingerprint density at radius 1 is 1.05 bits per heavy atom. The molecule has 1 N–H and O–H groups in total. The van der Waals surface area contributed by atoms with Crippen LogP contribution < -0.4 is 4.74 Å². The van der Waals surface area contributed by atoms with Gasteiger partial charge in [-0.15, -0.1) is 0 Å². The number of benzene rings is 2. The zero-order chi connectivity index (χ0) is 15.9. The van der Waals surface area contributed by atoms with Crippen LogP contribution in [-0.2, 0) is 4.74 Å². The number of rotatable bonds is 5. The Kier molecular flexibility index (Phi) is 5.33. The SMILES string of the molecule is COC(=O)c1ccccc1/C(=C/CO)c1ccc(OC)cc1.